The van der Waals surface area contributed by atoms with E-state index in [0.29, 0.717) is 16.9 Å². The van der Waals surface area contributed by atoms with Crippen molar-refractivity contribution < 1.29 is 14.4 Å². The second-order valence-electron chi connectivity index (χ2n) is 7.63. The number of carbonyl (C=O) groups excluding carboxylic acids is 3. The number of aryl methyl sites for hydroxylation is 1. The molecule has 4 rings (SSSR count). The second kappa shape index (κ2) is 7.54. The minimum absolute atomic E-state index is 0.0404. The molecule has 28 heavy (non-hydrogen) atoms. The lowest BCUT2D eigenvalue weighted by Crippen LogP contribution is -2.41. The van der Waals surface area contributed by atoms with Crippen LogP contribution in [0.4, 0.5) is 5.82 Å². The molecule has 1 saturated carbocycles. The normalized spacial score (nSPS) is 21.5. The van der Waals surface area contributed by atoms with Crippen molar-refractivity contribution in [3.8, 4) is 0 Å². The van der Waals surface area contributed by atoms with E-state index < -0.39 is 0 Å². The fourth-order valence-corrected chi connectivity index (χ4v) is 4.17. The van der Waals surface area contributed by atoms with Gasteiger partial charge in [-0.15, -0.1) is 0 Å². The summed E-state index contributed by atoms with van der Waals surface area (Å²) in [6.07, 6.45) is 5.27. The Morgan fingerprint density at radius 3 is 2.39 bits per heavy atom. The fourth-order valence-electron chi connectivity index (χ4n) is 4.17. The molecular formula is C22H23N3O3. The Labute approximate surface area is 164 Å². The number of hydrogen-bond acceptors (Lipinski definition) is 4. The molecule has 2 unspecified atom stereocenters. The van der Waals surface area contributed by atoms with Gasteiger partial charge in [-0.1, -0.05) is 31.0 Å². The van der Waals surface area contributed by atoms with Crippen LogP contribution in [0.3, 0.4) is 0 Å². The minimum Gasteiger partial charge on any atom is -0.310 e. The second-order valence-corrected chi connectivity index (χ2v) is 7.63. The summed E-state index contributed by atoms with van der Waals surface area (Å²) in [6, 6.07) is 10.6. The number of imide groups is 1. The number of amides is 3. The van der Waals surface area contributed by atoms with Crippen LogP contribution >= 0.6 is 0 Å². The van der Waals surface area contributed by atoms with Crippen LogP contribution in [-0.2, 0) is 4.79 Å². The number of nitrogens with one attached hydrogen (secondary N) is 1. The highest BCUT2D eigenvalue weighted by Gasteiger charge is 2.40. The third-order valence-corrected chi connectivity index (χ3v) is 5.70. The molecule has 1 N–H and O–H groups in total. The van der Waals surface area contributed by atoms with Crippen molar-refractivity contribution in [1.82, 2.24) is 9.88 Å². The topological polar surface area (TPSA) is 79.4 Å². The van der Waals surface area contributed by atoms with E-state index in [1.807, 2.05) is 13.0 Å². The third kappa shape index (κ3) is 3.42. The summed E-state index contributed by atoms with van der Waals surface area (Å²) in [6.45, 7) is 2.23. The maximum atomic E-state index is 12.9. The first-order valence-electron chi connectivity index (χ1n) is 9.73. The Morgan fingerprint density at radius 2 is 1.75 bits per heavy atom. The summed E-state index contributed by atoms with van der Waals surface area (Å²) in [5.41, 5.74) is 1.93. The molecule has 0 saturated heterocycles. The Balaban J connectivity index is 1.48. The van der Waals surface area contributed by atoms with Crippen LogP contribution in [0.15, 0.2) is 42.6 Å². The third-order valence-electron chi connectivity index (χ3n) is 5.70. The van der Waals surface area contributed by atoms with Gasteiger partial charge in [0.1, 0.15) is 5.82 Å². The van der Waals surface area contributed by atoms with Crippen LogP contribution in [0, 0.1) is 18.8 Å². The van der Waals surface area contributed by atoms with Crippen LogP contribution in [0.1, 0.15) is 52.0 Å². The lowest BCUT2D eigenvalue weighted by molar-refractivity contribution is -0.122. The van der Waals surface area contributed by atoms with Gasteiger partial charge in [0.2, 0.25) is 5.91 Å². The highest BCUT2D eigenvalue weighted by atomic mass is 16.2. The number of fused-ring (bicyclic) bond motifs is 1. The van der Waals surface area contributed by atoms with Crippen LogP contribution < -0.4 is 5.32 Å². The van der Waals surface area contributed by atoms with Gasteiger partial charge in [0.25, 0.3) is 11.8 Å². The quantitative estimate of drug-likeness (QED) is 0.828. The largest absolute Gasteiger partial charge is 0.310 e. The first-order valence-corrected chi connectivity index (χ1v) is 9.73. The molecule has 0 bridgehead atoms. The average molecular weight is 377 g/mol. The maximum absolute atomic E-state index is 12.9. The molecule has 0 spiro atoms. The maximum Gasteiger partial charge on any atom is 0.261 e. The SMILES string of the molecule is Cc1ccc(NC(=O)C2CCCCC2CN2C(=O)c3ccccc3C2=O)nc1. The Morgan fingerprint density at radius 1 is 1.07 bits per heavy atom. The summed E-state index contributed by atoms with van der Waals surface area (Å²) in [5, 5.41) is 2.89. The van der Waals surface area contributed by atoms with Gasteiger partial charge in [-0.3, -0.25) is 19.3 Å². The highest BCUT2D eigenvalue weighted by Crippen LogP contribution is 2.34. The van der Waals surface area contributed by atoms with E-state index >= 15 is 0 Å². The van der Waals surface area contributed by atoms with Crippen molar-refractivity contribution in [1.29, 1.82) is 0 Å². The molecule has 1 aliphatic carbocycles. The lowest BCUT2D eigenvalue weighted by Gasteiger charge is -2.32. The van der Waals surface area contributed by atoms with Gasteiger partial charge in [-0.2, -0.15) is 0 Å². The average Bonchev–Trinajstić information content (AvgIpc) is 2.95. The van der Waals surface area contributed by atoms with E-state index in [1.54, 1.807) is 36.5 Å². The number of aromatic nitrogens is 1. The first-order chi connectivity index (χ1) is 13.5. The predicted octanol–water partition coefficient (Wildman–Crippen LogP) is 3.43. The van der Waals surface area contributed by atoms with Crippen LogP contribution in [0.5, 0.6) is 0 Å². The monoisotopic (exact) mass is 377 g/mol. The molecule has 144 valence electrons. The number of benzene rings is 1. The number of carbonyl (C=O) groups is 3. The summed E-state index contributed by atoms with van der Waals surface area (Å²) < 4.78 is 0. The van der Waals surface area contributed by atoms with Crippen LogP contribution in [-0.4, -0.2) is 34.2 Å². The molecule has 6 heteroatoms. The van der Waals surface area contributed by atoms with Crippen molar-refractivity contribution in [3.05, 3.63) is 59.3 Å². The zero-order chi connectivity index (χ0) is 19.7. The van der Waals surface area contributed by atoms with Gasteiger partial charge < -0.3 is 5.32 Å². The van der Waals surface area contributed by atoms with E-state index in [2.05, 4.69) is 10.3 Å². The van der Waals surface area contributed by atoms with E-state index in [-0.39, 0.29) is 36.1 Å². The zero-order valence-electron chi connectivity index (χ0n) is 15.9. The fraction of sp³-hybridized carbons (Fsp3) is 0.364. The lowest BCUT2D eigenvalue weighted by atomic mass is 9.78. The van der Waals surface area contributed by atoms with Crippen LogP contribution in [0.25, 0.3) is 0 Å². The van der Waals surface area contributed by atoms with Crippen molar-refractivity contribution >= 4 is 23.5 Å². The smallest absolute Gasteiger partial charge is 0.261 e. The Hall–Kier alpha value is -3.02. The molecule has 3 amide bonds. The van der Waals surface area contributed by atoms with Gasteiger partial charge in [-0.25, -0.2) is 4.98 Å². The molecule has 2 aromatic rings. The molecule has 1 aromatic heterocycles. The molecule has 2 heterocycles. The van der Waals surface area contributed by atoms with Gasteiger partial charge in [0, 0.05) is 18.7 Å². The predicted molar refractivity (Wildman–Crippen MR) is 105 cm³/mol. The van der Waals surface area contributed by atoms with E-state index in [4.69, 9.17) is 0 Å². The van der Waals surface area contributed by atoms with E-state index in [0.717, 1.165) is 31.2 Å². The zero-order valence-corrected chi connectivity index (χ0v) is 15.9. The molecule has 1 fully saturated rings. The number of pyridine rings is 1. The van der Waals surface area contributed by atoms with Gasteiger partial charge in [0.15, 0.2) is 0 Å². The number of rotatable bonds is 4. The number of nitrogens with zero attached hydrogens (tertiary/aromatic N) is 2. The summed E-state index contributed by atoms with van der Waals surface area (Å²) in [7, 11) is 0. The molecule has 2 atom stereocenters. The van der Waals surface area contributed by atoms with Crippen molar-refractivity contribution in [2.24, 2.45) is 11.8 Å². The molecule has 1 aromatic carbocycles. The number of anilines is 1. The Kier molecular flexibility index (Phi) is 4.94. The van der Waals surface area contributed by atoms with Gasteiger partial charge >= 0.3 is 0 Å². The summed E-state index contributed by atoms with van der Waals surface area (Å²) >= 11 is 0. The minimum atomic E-state index is -0.259. The first kappa shape index (κ1) is 18.3. The number of hydrogen-bond donors (Lipinski definition) is 1. The standard InChI is InChI=1S/C22H23N3O3/c1-14-10-11-19(23-12-14)24-20(26)16-7-3-2-6-15(16)13-25-21(27)17-8-4-5-9-18(17)22(25)28/h4-5,8-12,15-16H,2-3,6-7,13H2,1H3,(H,23,24,26). The highest BCUT2D eigenvalue weighted by molar-refractivity contribution is 6.21. The van der Waals surface area contributed by atoms with Crippen molar-refractivity contribution in [2.75, 3.05) is 11.9 Å². The van der Waals surface area contributed by atoms with E-state index in [9.17, 15) is 14.4 Å². The molecule has 1 aliphatic heterocycles. The molecule has 2 aliphatic rings. The van der Waals surface area contributed by atoms with E-state index in [1.165, 1.54) is 4.90 Å². The molecule has 6 nitrogen and oxygen atoms in total. The van der Waals surface area contributed by atoms with Crippen LogP contribution in [0.2, 0.25) is 0 Å². The summed E-state index contributed by atoms with van der Waals surface area (Å²) in [4.78, 5) is 43.8. The van der Waals surface area contributed by atoms with Crippen molar-refractivity contribution in [3.63, 3.8) is 0 Å². The van der Waals surface area contributed by atoms with Crippen molar-refractivity contribution in [2.45, 2.75) is 32.6 Å². The van der Waals surface area contributed by atoms with Gasteiger partial charge in [0.05, 0.1) is 11.1 Å². The van der Waals surface area contributed by atoms with Gasteiger partial charge in [-0.05, 0) is 49.4 Å². The summed E-state index contributed by atoms with van der Waals surface area (Å²) in [5.74, 6) is -0.350. The molecule has 0 radical (unpaired) electrons. The molecular weight excluding hydrogens is 354 g/mol. The Bertz CT molecular complexity index is 888.